The molecule has 4 atom stereocenters. The summed E-state index contributed by atoms with van der Waals surface area (Å²) >= 11 is 3.98. The fourth-order valence-corrected chi connectivity index (χ4v) is 14.0. The highest BCUT2D eigenvalue weighted by Gasteiger charge is 2.36. The predicted octanol–water partition coefficient (Wildman–Crippen LogP) is 10.0. The molecule has 85 heavy (non-hydrogen) atoms. The molecular formula is C62H71IN11O9PS. The number of halogens is 1. The molecule has 0 bridgehead atoms. The van der Waals surface area contributed by atoms with Gasteiger partial charge in [-0.05, 0) is 119 Å². The molecule has 446 valence electrons. The van der Waals surface area contributed by atoms with E-state index in [1.165, 1.54) is 5.56 Å². The Hall–Kier alpha value is -6.66. The number of thiazole rings is 1. The Morgan fingerprint density at radius 2 is 1.71 bits per heavy atom. The van der Waals surface area contributed by atoms with Crippen LogP contribution in [-0.4, -0.2) is 146 Å². The number of fused-ring (bicyclic) bond motifs is 2. The molecule has 20 nitrogen and oxygen atoms in total. The number of ether oxygens (including phenoxy) is 4. The van der Waals surface area contributed by atoms with Crippen LogP contribution in [0.25, 0.3) is 54.5 Å². The minimum Gasteiger partial charge on any atom is -0.486 e. The zero-order chi connectivity index (χ0) is 59.3. The molecule has 3 aliphatic heterocycles. The van der Waals surface area contributed by atoms with E-state index in [4.69, 9.17) is 34.0 Å². The Kier molecular flexibility index (Phi) is 19.0. The van der Waals surface area contributed by atoms with Gasteiger partial charge in [-0.15, -0.1) is 11.3 Å². The number of anilines is 2. The Labute approximate surface area is 512 Å². The SMILES string of the molecule is CNc1cc(COc2c(-c3c(C)ccc4c3cnn4PI)c(C3CC3)cc3c(N4CCOCC4)nc(OC4CCOCC4)nc23)ccc1-c1cn(C(C(=O)N2CCC(O)C2)C(C)C)nc1C=O.Cc1ncsc1-c1ccc(C(CO)NC=O)cc1. The molecule has 4 unspecified atom stereocenters. The normalized spacial score (nSPS) is 17.4. The van der Waals surface area contributed by atoms with Crippen molar-refractivity contribution in [3.05, 3.63) is 112 Å². The summed E-state index contributed by atoms with van der Waals surface area (Å²) in [6, 6.07) is 19.8. The molecule has 23 heteroatoms. The summed E-state index contributed by atoms with van der Waals surface area (Å²) in [7, 11) is 1.85. The van der Waals surface area contributed by atoms with E-state index in [9.17, 15) is 24.6 Å². The van der Waals surface area contributed by atoms with Gasteiger partial charge in [0.1, 0.15) is 35.8 Å². The van der Waals surface area contributed by atoms with Gasteiger partial charge in [-0.1, -0.05) is 56.3 Å². The Bertz CT molecular complexity index is 3690. The maximum absolute atomic E-state index is 13.8. The highest BCUT2D eigenvalue weighted by atomic mass is 127. The number of β-amino-alcohol motifs (C(OH)–C–C–N with tert-alkyl or cyclic N) is 1. The Morgan fingerprint density at radius 3 is 2.36 bits per heavy atom. The van der Waals surface area contributed by atoms with Gasteiger partial charge >= 0.3 is 6.01 Å². The lowest BCUT2D eigenvalue weighted by Crippen LogP contribution is -2.38. The fraction of sp³-hybridized carbons (Fsp3) is 0.419. The van der Waals surface area contributed by atoms with Crippen LogP contribution in [0.1, 0.15) is 102 Å². The second kappa shape index (κ2) is 26.9. The molecule has 0 spiro atoms. The molecule has 12 rings (SSSR count). The van der Waals surface area contributed by atoms with Gasteiger partial charge in [0.25, 0.3) is 0 Å². The largest absolute Gasteiger partial charge is 0.486 e. The number of rotatable bonds is 20. The first-order chi connectivity index (χ1) is 41.4. The van der Waals surface area contributed by atoms with Gasteiger partial charge in [-0.25, -0.2) is 9.44 Å². The summed E-state index contributed by atoms with van der Waals surface area (Å²) in [5.41, 5.74) is 14.3. The number of carbonyl (C=O) groups excluding carboxylic acids is 3. The zero-order valence-electron chi connectivity index (χ0n) is 48.3. The van der Waals surface area contributed by atoms with E-state index in [0.29, 0.717) is 101 Å². The second-order valence-corrected chi connectivity index (χ2v) is 25.2. The number of aliphatic hydroxyl groups excluding tert-OH is 2. The molecule has 1 aliphatic carbocycles. The number of amides is 2. The monoisotopic (exact) mass is 1300 g/mol. The number of morpholine rings is 1. The average molecular weight is 1300 g/mol. The summed E-state index contributed by atoms with van der Waals surface area (Å²) in [6.07, 6.45) is 9.13. The third-order valence-corrected chi connectivity index (χ3v) is 19.2. The van der Waals surface area contributed by atoms with Crippen molar-refractivity contribution < 1.29 is 43.5 Å². The summed E-state index contributed by atoms with van der Waals surface area (Å²) in [4.78, 5) is 56.6. The van der Waals surface area contributed by atoms with E-state index in [1.807, 2.05) is 82.0 Å². The molecule has 2 amide bonds. The van der Waals surface area contributed by atoms with Gasteiger partial charge in [0.2, 0.25) is 12.3 Å². The van der Waals surface area contributed by atoms with Gasteiger partial charge in [0.15, 0.2) is 12.0 Å². The number of likely N-dealkylation sites (tertiary alicyclic amines) is 1. The molecular weight excluding hydrogens is 1230 g/mol. The number of nitrogens with one attached hydrogen (secondary N) is 2. The van der Waals surface area contributed by atoms with Gasteiger partial charge < -0.3 is 49.6 Å². The van der Waals surface area contributed by atoms with Crippen LogP contribution < -0.4 is 25.0 Å². The molecule has 0 radical (unpaired) electrons. The number of nitrogens with zero attached hydrogens (tertiary/aromatic N) is 9. The maximum atomic E-state index is 13.8. The van der Waals surface area contributed by atoms with E-state index in [2.05, 4.69) is 77.2 Å². The van der Waals surface area contributed by atoms with Gasteiger partial charge in [-0.2, -0.15) is 20.2 Å². The number of hydrogen-bond acceptors (Lipinski definition) is 17. The summed E-state index contributed by atoms with van der Waals surface area (Å²) in [6.45, 7) is 12.8. The van der Waals surface area contributed by atoms with Crippen molar-refractivity contribution in [2.45, 2.75) is 96.6 Å². The second-order valence-electron chi connectivity index (χ2n) is 22.3. The summed E-state index contributed by atoms with van der Waals surface area (Å²) in [5, 5.41) is 36.8. The van der Waals surface area contributed by atoms with Crippen LogP contribution in [0.2, 0.25) is 0 Å². The van der Waals surface area contributed by atoms with Crippen molar-refractivity contribution in [3.8, 4) is 44.5 Å². The number of aromatic nitrogens is 7. The van der Waals surface area contributed by atoms with E-state index in [-0.39, 0.29) is 42.9 Å². The lowest BCUT2D eigenvalue weighted by Gasteiger charge is -2.30. The first-order valence-electron chi connectivity index (χ1n) is 29.0. The Balaban J connectivity index is 0.000000357. The van der Waals surface area contributed by atoms with Crippen LogP contribution >= 0.6 is 39.8 Å². The molecule has 1 saturated carbocycles. The maximum Gasteiger partial charge on any atom is 0.319 e. The topological polar surface area (TPSA) is 233 Å². The van der Waals surface area contributed by atoms with Gasteiger partial charge in [0.05, 0.1) is 79.3 Å². The minimum atomic E-state index is -0.639. The molecule has 4 aliphatic rings. The first kappa shape index (κ1) is 60.0. The van der Waals surface area contributed by atoms with E-state index >= 15 is 0 Å². The predicted molar refractivity (Wildman–Crippen MR) is 340 cm³/mol. The van der Waals surface area contributed by atoms with Crippen LogP contribution in [0.15, 0.2) is 78.6 Å². The van der Waals surface area contributed by atoms with Crippen molar-refractivity contribution in [2.24, 2.45) is 5.92 Å². The third-order valence-electron chi connectivity index (χ3n) is 16.3. The Morgan fingerprint density at radius 1 is 0.929 bits per heavy atom. The van der Waals surface area contributed by atoms with Crippen molar-refractivity contribution in [2.75, 3.05) is 76.5 Å². The molecule has 4 N–H and O–H groups in total. The summed E-state index contributed by atoms with van der Waals surface area (Å²) in [5.74, 6) is 1.59. The van der Waals surface area contributed by atoms with Crippen molar-refractivity contribution >= 4 is 91.7 Å². The number of aldehydes is 1. The van der Waals surface area contributed by atoms with Crippen molar-refractivity contribution in [1.29, 1.82) is 0 Å². The van der Waals surface area contributed by atoms with Crippen LogP contribution in [0, 0.1) is 19.8 Å². The quantitative estimate of drug-likeness (QED) is 0.0316. The minimum absolute atomic E-state index is 0.0737. The van der Waals surface area contributed by atoms with Crippen molar-refractivity contribution in [1.82, 2.24) is 44.5 Å². The first-order valence-corrected chi connectivity index (χ1v) is 33.9. The molecule has 4 fully saturated rings. The molecule has 4 aromatic heterocycles. The molecule has 4 aromatic carbocycles. The number of hydrogen-bond donors (Lipinski definition) is 4. The fourth-order valence-electron chi connectivity index (χ4n) is 11.7. The number of benzene rings is 4. The highest BCUT2D eigenvalue weighted by Crippen LogP contribution is 2.53. The van der Waals surface area contributed by atoms with Crippen LogP contribution in [0.5, 0.6) is 11.8 Å². The molecule has 8 aromatic rings. The smallest absolute Gasteiger partial charge is 0.319 e. The van der Waals surface area contributed by atoms with Crippen LogP contribution in [0.4, 0.5) is 11.5 Å². The van der Waals surface area contributed by atoms with Crippen LogP contribution in [-0.2, 0) is 25.7 Å². The molecule has 3 saturated heterocycles. The van der Waals surface area contributed by atoms with Crippen LogP contribution in [0.3, 0.4) is 0 Å². The standard InChI is InChI=1S/C49H57IN9O7P.C13H14N2O2S/c1-28(2)45(48(62)57-14-11-32(61)24-57)58-25-38(40(26-60)55-58)34-9-6-30(21-39(34)51-4)27-65-46-43(42-29(3)5-10-41-37(42)23-52-59(41)67-50)35(31-7-8-31)22-36-44(46)53-49(66-33-12-17-63-18-13-33)54-47(36)56-15-19-64-20-16-56;1-9-13(18-8-15-9)11-4-2-10(3-5-11)12(6-16)14-7-17/h5-6,9-10,21-23,25-26,28,31-33,45,51,61,67H,7-8,11-20,24,27H2,1-4H3;2-5,7-8,12,16H,6H2,1H3,(H,14,17). The highest BCUT2D eigenvalue weighted by molar-refractivity contribution is 14.2. The van der Waals surface area contributed by atoms with E-state index in [0.717, 1.165) is 109 Å². The number of carbonyl (C=O) groups is 3. The van der Waals surface area contributed by atoms with Crippen molar-refractivity contribution in [3.63, 3.8) is 0 Å². The lowest BCUT2D eigenvalue weighted by atomic mass is 9.89. The lowest BCUT2D eigenvalue weighted by molar-refractivity contribution is -0.135. The summed E-state index contributed by atoms with van der Waals surface area (Å²) < 4.78 is 29.1. The van der Waals surface area contributed by atoms with E-state index in [1.54, 1.807) is 27.1 Å². The van der Waals surface area contributed by atoms with E-state index < -0.39 is 12.1 Å². The van der Waals surface area contributed by atoms with Gasteiger partial charge in [-0.3, -0.25) is 19.1 Å². The van der Waals surface area contributed by atoms with Gasteiger partial charge in [0, 0.05) is 85.4 Å². The third kappa shape index (κ3) is 12.9. The average Bonchev–Trinajstić information content (AvgIpc) is 1.94. The molecule has 7 heterocycles. The number of aliphatic hydroxyl groups is 2. The zero-order valence-corrected chi connectivity index (χ0v) is 52.3. The number of aryl methyl sites for hydroxylation is 2.